The fourth-order valence-corrected chi connectivity index (χ4v) is 1.38. The van der Waals surface area contributed by atoms with Gasteiger partial charge in [0.25, 0.3) is 0 Å². The van der Waals surface area contributed by atoms with Crippen LogP contribution in [0, 0.1) is 0 Å². The lowest BCUT2D eigenvalue weighted by molar-refractivity contribution is 0.851. The summed E-state index contributed by atoms with van der Waals surface area (Å²) < 4.78 is 0. The van der Waals surface area contributed by atoms with Gasteiger partial charge in [0.15, 0.2) is 0 Å². The van der Waals surface area contributed by atoms with E-state index in [9.17, 15) is 0 Å². The Morgan fingerprint density at radius 3 is 2.18 bits per heavy atom. The summed E-state index contributed by atoms with van der Waals surface area (Å²) in [4.78, 5) is 0. The number of hydrogen-bond donors (Lipinski definition) is 0. The molecule has 0 aliphatic heterocycles. The molecule has 0 bridgehead atoms. The Kier molecular flexibility index (Phi) is 2.48. The van der Waals surface area contributed by atoms with E-state index in [2.05, 4.69) is 19.7 Å². The van der Waals surface area contributed by atoms with Crippen LogP contribution >= 0.6 is 0 Å². The Morgan fingerprint density at radius 2 is 1.64 bits per heavy atom. The van der Waals surface area contributed by atoms with Crippen LogP contribution in [-0.4, -0.2) is 0 Å². The molecule has 0 aromatic heterocycles. The van der Waals surface area contributed by atoms with E-state index in [-0.39, 0.29) is 0 Å². The highest BCUT2D eigenvalue weighted by Crippen LogP contribution is 2.28. The highest BCUT2D eigenvalue weighted by Gasteiger charge is 2.09. The lowest BCUT2D eigenvalue weighted by atomic mass is 9.89. The van der Waals surface area contributed by atoms with Gasteiger partial charge in [-0.15, -0.1) is 0 Å². The summed E-state index contributed by atoms with van der Waals surface area (Å²) >= 11 is 0. The van der Waals surface area contributed by atoms with Crippen LogP contribution in [-0.2, 0) is 0 Å². The summed E-state index contributed by atoms with van der Waals surface area (Å²) in [5.41, 5.74) is 3.95. The van der Waals surface area contributed by atoms with Gasteiger partial charge in [0.2, 0.25) is 0 Å². The standard InChI is InChI=1S/C11H14/c1-4-10-7-6-9(3)8-11(10)5-2/h4-5H,1-3,6-8H2. The minimum atomic E-state index is 0.991. The van der Waals surface area contributed by atoms with Gasteiger partial charge >= 0.3 is 0 Å². The van der Waals surface area contributed by atoms with Gasteiger partial charge < -0.3 is 0 Å². The molecule has 0 saturated carbocycles. The van der Waals surface area contributed by atoms with Gasteiger partial charge in [0.05, 0.1) is 0 Å². The highest BCUT2D eigenvalue weighted by molar-refractivity contribution is 5.37. The van der Waals surface area contributed by atoms with Crippen LogP contribution in [0.2, 0.25) is 0 Å². The molecule has 0 fully saturated rings. The maximum atomic E-state index is 3.96. The number of rotatable bonds is 2. The summed E-state index contributed by atoms with van der Waals surface area (Å²) in [7, 11) is 0. The molecule has 1 rings (SSSR count). The molecule has 0 heterocycles. The van der Waals surface area contributed by atoms with E-state index in [1.807, 2.05) is 12.2 Å². The molecule has 0 radical (unpaired) electrons. The quantitative estimate of drug-likeness (QED) is 0.524. The molecule has 0 saturated heterocycles. The van der Waals surface area contributed by atoms with E-state index < -0.39 is 0 Å². The fourth-order valence-electron chi connectivity index (χ4n) is 1.38. The molecule has 0 N–H and O–H groups in total. The molecular formula is C11H14. The topological polar surface area (TPSA) is 0 Å². The number of allylic oxidation sites excluding steroid dienone is 5. The normalized spacial score (nSPS) is 18.4. The van der Waals surface area contributed by atoms with Crippen LogP contribution in [0.4, 0.5) is 0 Å². The lowest BCUT2D eigenvalue weighted by Gasteiger charge is -2.17. The smallest absolute Gasteiger partial charge is 0.00672 e. The van der Waals surface area contributed by atoms with Crippen LogP contribution in [0.1, 0.15) is 19.3 Å². The van der Waals surface area contributed by atoms with Crippen molar-refractivity contribution in [3.8, 4) is 0 Å². The first-order valence-corrected chi connectivity index (χ1v) is 3.91. The van der Waals surface area contributed by atoms with E-state index in [4.69, 9.17) is 0 Å². The average molecular weight is 146 g/mol. The SMILES string of the molecule is C=CC1=C(C=C)CC(=C)CC1. The molecule has 0 heteroatoms. The molecule has 0 aromatic carbocycles. The highest BCUT2D eigenvalue weighted by atomic mass is 14.1. The maximum absolute atomic E-state index is 3.96. The Labute approximate surface area is 68.6 Å². The van der Waals surface area contributed by atoms with E-state index in [1.165, 1.54) is 16.7 Å². The third-order valence-electron chi connectivity index (χ3n) is 2.09. The van der Waals surface area contributed by atoms with Crippen molar-refractivity contribution in [1.29, 1.82) is 0 Å². The Bertz CT molecular complexity index is 228. The zero-order chi connectivity index (χ0) is 8.27. The zero-order valence-electron chi connectivity index (χ0n) is 6.90. The van der Waals surface area contributed by atoms with Crippen LogP contribution in [0.3, 0.4) is 0 Å². The monoisotopic (exact) mass is 146 g/mol. The van der Waals surface area contributed by atoms with Gasteiger partial charge in [-0.3, -0.25) is 0 Å². The van der Waals surface area contributed by atoms with Crippen molar-refractivity contribution in [3.05, 3.63) is 48.6 Å². The Hall–Kier alpha value is -1.04. The van der Waals surface area contributed by atoms with E-state index in [1.54, 1.807) is 0 Å². The molecule has 0 unspecified atom stereocenters. The maximum Gasteiger partial charge on any atom is -0.00672 e. The van der Waals surface area contributed by atoms with E-state index >= 15 is 0 Å². The van der Waals surface area contributed by atoms with Crippen LogP contribution in [0.15, 0.2) is 48.6 Å². The molecule has 11 heavy (non-hydrogen) atoms. The van der Waals surface area contributed by atoms with Crippen LogP contribution in [0.5, 0.6) is 0 Å². The predicted octanol–water partition coefficient (Wildman–Crippen LogP) is 3.40. The van der Waals surface area contributed by atoms with Crippen molar-refractivity contribution >= 4 is 0 Å². The molecule has 1 aliphatic rings. The molecule has 0 atom stereocenters. The minimum Gasteiger partial charge on any atom is -0.0995 e. The lowest BCUT2D eigenvalue weighted by Crippen LogP contribution is -1.97. The molecular weight excluding hydrogens is 132 g/mol. The van der Waals surface area contributed by atoms with Crippen LogP contribution in [0.25, 0.3) is 0 Å². The molecule has 0 spiro atoms. The second-order valence-corrected chi connectivity index (χ2v) is 2.89. The first kappa shape index (κ1) is 8.06. The van der Waals surface area contributed by atoms with Crippen molar-refractivity contribution in [2.45, 2.75) is 19.3 Å². The van der Waals surface area contributed by atoms with Crippen molar-refractivity contribution in [2.75, 3.05) is 0 Å². The summed E-state index contributed by atoms with van der Waals surface area (Å²) in [5.74, 6) is 0. The largest absolute Gasteiger partial charge is 0.0995 e. The fraction of sp³-hybridized carbons (Fsp3) is 0.273. The van der Waals surface area contributed by atoms with Crippen molar-refractivity contribution in [1.82, 2.24) is 0 Å². The first-order chi connectivity index (χ1) is 5.27. The number of hydrogen-bond acceptors (Lipinski definition) is 0. The van der Waals surface area contributed by atoms with Crippen molar-refractivity contribution in [2.24, 2.45) is 0 Å². The summed E-state index contributed by atoms with van der Waals surface area (Å²) in [5, 5.41) is 0. The Morgan fingerprint density at radius 1 is 1.00 bits per heavy atom. The van der Waals surface area contributed by atoms with Gasteiger partial charge in [0.1, 0.15) is 0 Å². The van der Waals surface area contributed by atoms with Gasteiger partial charge in [-0.1, -0.05) is 37.5 Å². The second kappa shape index (κ2) is 3.38. The zero-order valence-corrected chi connectivity index (χ0v) is 6.90. The minimum absolute atomic E-state index is 0.991. The second-order valence-electron chi connectivity index (χ2n) is 2.89. The van der Waals surface area contributed by atoms with Gasteiger partial charge in [0, 0.05) is 0 Å². The summed E-state index contributed by atoms with van der Waals surface area (Å²) in [6, 6.07) is 0. The van der Waals surface area contributed by atoms with Gasteiger partial charge in [-0.05, 0) is 30.4 Å². The summed E-state index contributed by atoms with van der Waals surface area (Å²) in [6.07, 6.45) is 7.04. The molecule has 0 nitrogen and oxygen atoms in total. The third kappa shape index (κ3) is 1.70. The van der Waals surface area contributed by atoms with E-state index in [0.717, 1.165) is 19.3 Å². The predicted molar refractivity (Wildman–Crippen MR) is 50.4 cm³/mol. The molecule has 1 aliphatic carbocycles. The molecule has 0 amide bonds. The molecule has 58 valence electrons. The summed E-state index contributed by atoms with van der Waals surface area (Å²) in [6.45, 7) is 11.5. The van der Waals surface area contributed by atoms with E-state index in [0.29, 0.717) is 0 Å². The Balaban J connectivity index is 2.91. The average Bonchev–Trinajstić information content (AvgIpc) is 2.04. The van der Waals surface area contributed by atoms with Gasteiger partial charge in [-0.25, -0.2) is 0 Å². The van der Waals surface area contributed by atoms with Crippen molar-refractivity contribution < 1.29 is 0 Å². The third-order valence-corrected chi connectivity index (χ3v) is 2.09. The van der Waals surface area contributed by atoms with Crippen molar-refractivity contribution in [3.63, 3.8) is 0 Å². The van der Waals surface area contributed by atoms with Gasteiger partial charge in [-0.2, -0.15) is 0 Å². The first-order valence-electron chi connectivity index (χ1n) is 3.91. The molecule has 0 aromatic rings. The van der Waals surface area contributed by atoms with Crippen LogP contribution < -0.4 is 0 Å².